The van der Waals surface area contributed by atoms with Crippen LogP contribution in [0.3, 0.4) is 0 Å². The lowest BCUT2D eigenvalue weighted by atomic mass is 10.1. The zero-order chi connectivity index (χ0) is 20.5. The summed E-state index contributed by atoms with van der Waals surface area (Å²) < 4.78 is 5.01. The van der Waals surface area contributed by atoms with E-state index in [0.717, 1.165) is 34.9 Å². The van der Waals surface area contributed by atoms with Crippen LogP contribution in [0.25, 0.3) is 0 Å². The summed E-state index contributed by atoms with van der Waals surface area (Å²) in [5.74, 6) is 1.36. The van der Waals surface area contributed by atoms with Crippen LogP contribution in [0.2, 0.25) is 10.0 Å². The Morgan fingerprint density at radius 1 is 1.21 bits per heavy atom. The van der Waals surface area contributed by atoms with Gasteiger partial charge in [0, 0.05) is 33.8 Å². The van der Waals surface area contributed by atoms with Crippen LogP contribution in [-0.4, -0.2) is 30.0 Å². The number of halogens is 2. The molecule has 0 aliphatic heterocycles. The fourth-order valence-corrected chi connectivity index (χ4v) is 4.00. The van der Waals surface area contributed by atoms with Crippen molar-refractivity contribution in [3.8, 4) is 0 Å². The van der Waals surface area contributed by atoms with E-state index < -0.39 is 0 Å². The lowest BCUT2D eigenvalue weighted by molar-refractivity contribution is 0.0526. The minimum Gasteiger partial charge on any atom is -0.462 e. The number of hydrogen-bond acceptors (Lipinski definition) is 4. The monoisotopic (exact) mass is 456 g/mol. The third-order valence-corrected chi connectivity index (χ3v) is 5.63. The first-order valence-corrected chi connectivity index (χ1v) is 11.1. The van der Waals surface area contributed by atoms with Crippen molar-refractivity contribution in [1.82, 2.24) is 5.32 Å². The molecule has 2 rings (SSSR count). The summed E-state index contributed by atoms with van der Waals surface area (Å²) >= 11 is 19.2. The summed E-state index contributed by atoms with van der Waals surface area (Å²) in [6.07, 6.45) is 0. The molecule has 0 amide bonds. The van der Waals surface area contributed by atoms with Gasteiger partial charge >= 0.3 is 5.97 Å². The van der Waals surface area contributed by atoms with Gasteiger partial charge in [0.05, 0.1) is 12.2 Å². The molecule has 28 heavy (non-hydrogen) atoms. The predicted octanol–water partition coefficient (Wildman–Crippen LogP) is 5.70. The Kier molecular flexibility index (Phi) is 9.38. The molecule has 0 saturated heterocycles. The minimum atomic E-state index is -0.323. The van der Waals surface area contributed by atoms with Crippen molar-refractivity contribution in [2.75, 3.05) is 24.2 Å². The van der Waals surface area contributed by atoms with E-state index in [9.17, 15) is 4.79 Å². The second kappa shape index (κ2) is 11.5. The molecule has 0 radical (unpaired) electrons. The van der Waals surface area contributed by atoms with Crippen molar-refractivity contribution in [2.45, 2.75) is 19.6 Å². The van der Waals surface area contributed by atoms with Crippen LogP contribution in [-0.2, 0) is 10.5 Å². The van der Waals surface area contributed by atoms with Crippen molar-refractivity contribution in [1.29, 1.82) is 0 Å². The van der Waals surface area contributed by atoms with Crippen molar-refractivity contribution >= 4 is 64.0 Å². The quantitative estimate of drug-likeness (QED) is 0.301. The standard InChI is InChI=1S/C20H22Cl2N2O2S2/c1-3-26-19(25)14-5-7-18(13(2)10-14)24-20(27)23-8-9-28-12-15-4-6-16(21)11-17(15)22/h4-7,10-11H,3,8-9,12H2,1-2H3,(H2,23,24,27). The van der Waals surface area contributed by atoms with Gasteiger partial charge < -0.3 is 15.4 Å². The van der Waals surface area contributed by atoms with E-state index in [1.807, 2.05) is 25.1 Å². The number of anilines is 1. The molecule has 0 saturated carbocycles. The average Bonchev–Trinajstić information content (AvgIpc) is 2.65. The van der Waals surface area contributed by atoms with Gasteiger partial charge in [-0.25, -0.2) is 4.79 Å². The predicted molar refractivity (Wildman–Crippen MR) is 124 cm³/mol. The molecule has 0 aromatic heterocycles. The third-order valence-electron chi connectivity index (χ3n) is 3.79. The van der Waals surface area contributed by atoms with E-state index in [1.54, 1.807) is 36.9 Å². The first-order valence-electron chi connectivity index (χ1n) is 8.75. The Hall–Kier alpha value is -1.47. The fourth-order valence-electron chi connectivity index (χ4n) is 2.37. The molecule has 0 fully saturated rings. The number of hydrogen-bond donors (Lipinski definition) is 2. The normalized spacial score (nSPS) is 10.4. The fraction of sp³-hybridized carbons (Fsp3) is 0.300. The summed E-state index contributed by atoms with van der Waals surface area (Å²) in [7, 11) is 0. The van der Waals surface area contributed by atoms with Gasteiger partial charge in [-0.3, -0.25) is 0 Å². The topological polar surface area (TPSA) is 50.4 Å². The van der Waals surface area contributed by atoms with E-state index in [1.165, 1.54) is 0 Å². The molecule has 2 aromatic carbocycles. The summed E-state index contributed by atoms with van der Waals surface area (Å²) in [6, 6.07) is 10.9. The maximum atomic E-state index is 11.8. The maximum absolute atomic E-state index is 11.8. The van der Waals surface area contributed by atoms with Gasteiger partial charge in [-0.15, -0.1) is 0 Å². The molecule has 0 unspecified atom stereocenters. The molecular formula is C20H22Cl2N2O2S2. The van der Waals surface area contributed by atoms with Gasteiger partial charge in [0.25, 0.3) is 0 Å². The third kappa shape index (κ3) is 7.17. The van der Waals surface area contributed by atoms with Crippen LogP contribution in [0.5, 0.6) is 0 Å². The number of carbonyl (C=O) groups is 1. The molecule has 4 nitrogen and oxygen atoms in total. The van der Waals surface area contributed by atoms with Gasteiger partial charge in [-0.2, -0.15) is 11.8 Å². The highest BCUT2D eigenvalue weighted by Crippen LogP contribution is 2.24. The van der Waals surface area contributed by atoms with Crippen LogP contribution in [0.1, 0.15) is 28.4 Å². The molecule has 0 aliphatic rings. The van der Waals surface area contributed by atoms with Gasteiger partial charge in [-0.1, -0.05) is 29.3 Å². The first kappa shape index (κ1) is 22.8. The number of ether oxygens (including phenoxy) is 1. The second-order valence-electron chi connectivity index (χ2n) is 5.92. The van der Waals surface area contributed by atoms with Gasteiger partial charge in [0.1, 0.15) is 0 Å². The van der Waals surface area contributed by atoms with Crippen LogP contribution < -0.4 is 10.6 Å². The number of thioether (sulfide) groups is 1. The number of thiocarbonyl (C=S) groups is 1. The number of aryl methyl sites for hydroxylation is 1. The highest BCUT2D eigenvalue weighted by Gasteiger charge is 2.09. The Bertz CT molecular complexity index is 847. The van der Waals surface area contributed by atoms with Gasteiger partial charge in [-0.05, 0) is 67.5 Å². The minimum absolute atomic E-state index is 0.323. The molecule has 8 heteroatoms. The highest BCUT2D eigenvalue weighted by molar-refractivity contribution is 7.98. The zero-order valence-electron chi connectivity index (χ0n) is 15.7. The number of rotatable bonds is 8. The van der Waals surface area contributed by atoms with E-state index in [0.29, 0.717) is 27.3 Å². The number of esters is 1. The molecule has 0 spiro atoms. The number of benzene rings is 2. The van der Waals surface area contributed by atoms with Crippen molar-refractivity contribution in [2.24, 2.45) is 0 Å². The van der Waals surface area contributed by atoms with Gasteiger partial charge in [0.2, 0.25) is 0 Å². The van der Waals surface area contributed by atoms with Crippen LogP contribution in [0.15, 0.2) is 36.4 Å². The first-order chi connectivity index (χ1) is 13.4. The van der Waals surface area contributed by atoms with Gasteiger partial charge in [0.15, 0.2) is 5.11 Å². The smallest absolute Gasteiger partial charge is 0.338 e. The largest absolute Gasteiger partial charge is 0.462 e. The Morgan fingerprint density at radius 3 is 2.68 bits per heavy atom. The van der Waals surface area contributed by atoms with Crippen molar-refractivity contribution < 1.29 is 9.53 Å². The van der Waals surface area contributed by atoms with Crippen molar-refractivity contribution in [3.63, 3.8) is 0 Å². The second-order valence-corrected chi connectivity index (χ2v) is 8.28. The summed E-state index contributed by atoms with van der Waals surface area (Å²) in [4.78, 5) is 11.8. The van der Waals surface area contributed by atoms with Crippen LogP contribution in [0.4, 0.5) is 5.69 Å². The van der Waals surface area contributed by atoms with E-state index in [-0.39, 0.29) is 5.97 Å². The average molecular weight is 457 g/mol. The summed E-state index contributed by atoms with van der Waals surface area (Å²) in [5.41, 5.74) is 3.36. The molecule has 0 atom stereocenters. The zero-order valence-corrected chi connectivity index (χ0v) is 18.8. The lowest BCUT2D eigenvalue weighted by Gasteiger charge is -2.13. The maximum Gasteiger partial charge on any atom is 0.338 e. The molecular weight excluding hydrogens is 435 g/mol. The molecule has 150 valence electrons. The summed E-state index contributed by atoms with van der Waals surface area (Å²) in [6.45, 7) is 4.78. The number of nitrogens with one attached hydrogen (secondary N) is 2. The van der Waals surface area contributed by atoms with Crippen molar-refractivity contribution in [3.05, 3.63) is 63.1 Å². The Morgan fingerprint density at radius 2 is 2.00 bits per heavy atom. The Labute approximate surface area is 185 Å². The van der Waals surface area contributed by atoms with E-state index in [2.05, 4.69) is 10.6 Å². The van der Waals surface area contributed by atoms with E-state index in [4.69, 9.17) is 40.2 Å². The lowest BCUT2D eigenvalue weighted by Crippen LogP contribution is -2.30. The molecule has 0 heterocycles. The molecule has 0 bridgehead atoms. The Balaban J connectivity index is 1.74. The van der Waals surface area contributed by atoms with Crippen LogP contribution in [0, 0.1) is 6.92 Å². The molecule has 2 N–H and O–H groups in total. The van der Waals surface area contributed by atoms with E-state index >= 15 is 0 Å². The number of carbonyl (C=O) groups excluding carboxylic acids is 1. The highest BCUT2D eigenvalue weighted by atomic mass is 35.5. The molecule has 2 aromatic rings. The van der Waals surface area contributed by atoms with Crippen LogP contribution >= 0.6 is 47.2 Å². The summed E-state index contributed by atoms with van der Waals surface area (Å²) in [5, 5.41) is 8.20. The molecule has 0 aliphatic carbocycles. The SMILES string of the molecule is CCOC(=O)c1ccc(NC(=S)NCCSCc2ccc(Cl)cc2Cl)c(C)c1.